The molecule has 2 atom stereocenters. The van der Waals surface area contributed by atoms with Gasteiger partial charge in [0, 0.05) is 43.7 Å². The van der Waals surface area contributed by atoms with Crippen LogP contribution in [-0.2, 0) is 10.5 Å². The number of methoxy groups -OCH3 is 1. The van der Waals surface area contributed by atoms with Crippen LogP contribution in [0.4, 0.5) is 0 Å². The highest BCUT2D eigenvalue weighted by atomic mass is 32.3. The Kier molecular flexibility index (Phi) is 6.69. The lowest BCUT2D eigenvalue weighted by atomic mass is 9.82. The minimum Gasteiger partial charge on any atom is -0.492 e. The number of benzene rings is 1. The lowest BCUT2D eigenvalue weighted by Crippen LogP contribution is -2.55. The molecule has 4 rings (SSSR count). The van der Waals surface area contributed by atoms with Gasteiger partial charge in [0.1, 0.15) is 5.09 Å². The Bertz CT molecular complexity index is 724. The Labute approximate surface area is 177 Å². The molecule has 0 spiro atoms. The van der Waals surface area contributed by atoms with Gasteiger partial charge in [0.25, 0.3) is 0 Å². The number of ether oxygens (including phenoxy) is 1. The summed E-state index contributed by atoms with van der Waals surface area (Å²) in [5.74, 6) is 0.948. The summed E-state index contributed by atoms with van der Waals surface area (Å²) >= 11 is 0. The van der Waals surface area contributed by atoms with E-state index in [9.17, 15) is 5.11 Å². The van der Waals surface area contributed by atoms with Crippen molar-refractivity contribution in [3.8, 4) is 0 Å². The molecule has 1 aromatic carbocycles. The molecular formula is C24H36N2O2S. The van der Waals surface area contributed by atoms with Crippen LogP contribution in [0, 0.1) is 0 Å². The molecule has 2 fully saturated rings. The van der Waals surface area contributed by atoms with E-state index in [1.54, 1.807) is 7.11 Å². The number of nitrogens with one attached hydrogen (secondary N) is 1. The van der Waals surface area contributed by atoms with E-state index >= 15 is 0 Å². The maximum atomic E-state index is 12.0. The van der Waals surface area contributed by atoms with Crippen LogP contribution in [0.5, 0.6) is 0 Å². The van der Waals surface area contributed by atoms with Crippen molar-refractivity contribution in [3.05, 3.63) is 58.5 Å². The second kappa shape index (κ2) is 9.25. The van der Waals surface area contributed by atoms with Crippen LogP contribution in [-0.4, -0.2) is 60.7 Å². The summed E-state index contributed by atoms with van der Waals surface area (Å²) in [5, 5.41) is 19.2. The summed E-state index contributed by atoms with van der Waals surface area (Å²) in [4.78, 5) is 2.56. The average Bonchev–Trinajstić information content (AvgIpc) is 3.17. The fourth-order valence-electron chi connectivity index (χ4n) is 5.29. The van der Waals surface area contributed by atoms with Crippen LogP contribution < -0.4 is 5.32 Å². The third-order valence-corrected chi connectivity index (χ3v) is 10.9. The van der Waals surface area contributed by atoms with Crippen molar-refractivity contribution in [2.45, 2.75) is 48.7 Å². The van der Waals surface area contributed by atoms with Crippen LogP contribution in [0.3, 0.4) is 0 Å². The second-order valence-corrected chi connectivity index (χ2v) is 11.9. The van der Waals surface area contributed by atoms with Crippen LogP contribution in [0.2, 0.25) is 0 Å². The molecule has 0 amide bonds. The third-order valence-electron chi connectivity index (χ3n) is 6.84. The van der Waals surface area contributed by atoms with Crippen LogP contribution >= 0.6 is 10.0 Å². The number of aliphatic hydroxyl groups is 1. The zero-order valence-corrected chi connectivity index (χ0v) is 18.5. The van der Waals surface area contributed by atoms with Crippen LogP contribution in [0.15, 0.2) is 53.0 Å². The summed E-state index contributed by atoms with van der Waals surface area (Å²) in [6.45, 7) is 5.14. The maximum absolute atomic E-state index is 12.0. The minimum atomic E-state index is -1.46. The Morgan fingerprint density at radius 3 is 2.55 bits per heavy atom. The normalized spacial score (nSPS) is 30.3. The van der Waals surface area contributed by atoms with Gasteiger partial charge in [-0.1, -0.05) is 55.7 Å². The molecule has 1 aliphatic carbocycles. The van der Waals surface area contributed by atoms with E-state index in [1.165, 1.54) is 12.0 Å². The van der Waals surface area contributed by atoms with Gasteiger partial charge in [-0.15, -0.1) is 0 Å². The van der Waals surface area contributed by atoms with Gasteiger partial charge in [-0.05, 0) is 29.9 Å². The molecule has 3 aliphatic rings. The second-order valence-electron chi connectivity index (χ2n) is 8.70. The predicted molar refractivity (Wildman–Crippen MR) is 123 cm³/mol. The fraction of sp³-hybridized carbons (Fsp3) is 0.583. The van der Waals surface area contributed by atoms with Gasteiger partial charge >= 0.3 is 0 Å². The zero-order chi connectivity index (χ0) is 20.2. The minimum absolute atomic E-state index is 0.193. The van der Waals surface area contributed by atoms with Gasteiger partial charge in [0.15, 0.2) is 0 Å². The van der Waals surface area contributed by atoms with Crippen molar-refractivity contribution >= 4 is 10.0 Å². The van der Waals surface area contributed by atoms with Crippen LogP contribution in [0.1, 0.15) is 37.7 Å². The Balaban J connectivity index is 1.73. The molecule has 0 radical (unpaired) electrons. The number of hydrogen-bond donors (Lipinski definition) is 2. The summed E-state index contributed by atoms with van der Waals surface area (Å²) in [7, 11) is 0.347. The molecule has 0 aromatic heterocycles. The molecular weight excluding hydrogens is 380 g/mol. The topological polar surface area (TPSA) is 44.7 Å². The molecule has 5 heteroatoms. The summed E-state index contributed by atoms with van der Waals surface area (Å²) in [6.07, 6.45) is 9.66. The molecule has 2 N–H and O–H groups in total. The largest absolute Gasteiger partial charge is 0.492 e. The fourth-order valence-corrected chi connectivity index (χ4v) is 9.57. The van der Waals surface area contributed by atoms with Crippen molar-refractivity contribution in [3.63, 3.8) is 0 Å². The Hall–Kier alpha value is -1.27. The quantitative estimate of drug-likeness (QED) is 0.706. The Morgan fingerprint density at radius 2 is 1.86 bits per heavy atom. The number of nitrogens with zero attached hydrogens (tertiary/aromatic N) is 1. The molecule has 2 heterocycles. The molecule has 1 aromatic rings. The van der Waals surface area contributed by atoms with E-state index < -0.39 is 15.6 Å². The van der Waals surface area contributed by atoms with Gasteiger partial charge in [-0.2, -0.15) is 10.0 Å². The highest BCUT2D eigenvalue weighted by molar-refractivity contribution is 8.39. The third kappa shape index (κ3) is 4.43. The molecule has 2 unspecified atom stereocenters. The average molecular weight is 417 g/mol. The van der Waals surface area contributed by atoms with E-state index in [4.69, 9.17) is 4.74 Å². The first-order chi connectivity index (χ1) is 14.2. The molecule has 4 nitrogen and oxygen atoms in total. The van der Waals surface area contributed by atoms with E-state index in [2.05, 4.69) is 58.1 Å². The smallest absolute Gasteiger partial charge is 0.139 e. The summed E-state index contributed by atoms with van der Waals surface area (Å²) < 4.78 is 6.00. The Morgan fingerprint density at radius 1 is 1.14 bits per heavy atom. The van der Waals surface area contributed by atoms with Gasteiger partial charge in [0.2, 0.25) is 0 Å². The SMILES string of the molecule is COC1=CC=CS1(Cc1ccccc1)C(CN1CCNCC1)C1(O)CCCCC1. The van der Waals surface area contributed by atoms with Crippen molar-refractivity contribution < 1.29 is 9.84 Å². The lowest BCUT2D eigenvalue weighted by Gasteiger charge is -2.53. The summed E-state index contributed by atoms with van der Waals surface area (Å²) in [6, 6.07) is 10.8. The van der Waals surface area contributed by atoms with Crippen molar-refractivity contribution in [1.29, 1.82) is 0 Å². The first-order valence-corrected chi connectivity index (χ1v) is 13.0. The van der Waals surface area contributed by atoms with Gasteiger partial charge in [0.05, 0.1) is 12.7 Å². The highest BCUT2D eigenvalue weighted by Crippen LogP contribution is 2.68. The molecule has 0 bridgehead atoms. The molecule has 160 valence electrons. The van der Waals surface area contributed by atoms with Crippen molar-refractivity contribution in [2.75, 3.05) is 39.8 Å². The van der Waals surface area contributed by atoms with E-state index in [-0.39, 0.29) is 5.25 Å². The maximum Gasteiger partial charge on any atom is 0.139 e. The van der Waals surface area contributed by atoms with Gasteiger partial charge in [-0.3, -0.25) is 4.90 Å². The van der Waals surface area contributed by atoms with Crippen LogP contribution in [0.25, 0.3) is 0 Å². The number of piperazine rings is 1. The van der Waals surface area contributed by atoms with Crippen molar-refractivity contribution in [1.82, 2.24) is 10.2 Å². The van der Waals surface area contributed by atoms with E-state index in [0.29, 0.717) is 0 Å². The van der Waals surface area contributed by atoms with E-state index in [1.807, 2.05) is 0 Å². The number of hydrogen-bond acceptors (Lipinski definition) is 4. The predicted octanol–water partition coefficient (Wildman–Crippen LogP) is 3.98. The summed E-state index contributed by atoms with van der Waals surface area (Å²) in [5.41, 5.74) is 0.723. The van der Waals surface area contributed by atoms with Gasteiger partial charge < -0.3 is 15.2 Å². The van der Waals surface area contributed by atoms with Gasteiger partial charge in [-0.25, -0.2) is 0 Å². The number of allylic oxidation sites excluding steroid dienone is 2. The van der Waals surface area contributed by atoms with Crippen molar-refractivity contribution in [2.24, 2.45) is 0 Å². The lowest BCUT2D eigenvalue weighted by molar-refractivity contribution is -0.00725. The monoisotopic (exact) mass is 416 g/mol. The molecule has 2 aliphatic heterocycles. The molecule has 29 heavy (non-hydrogen) atoms. The first-order valence-electron chi connectivity index (χ1n) is 11.1. The highest BCUT2D eigenvalue weighted by Gasteiger charge is 2.50. The van der Waals surface area contributed by atoms with E-state index in [0.717, 1.165) is 69.3 Å². The standard InChI is InChI=1S/C24H36N2O2S/c1-28-23-11-8-18-29(23,20-21-9-4-2-5-10-21)22(19-26-16-14-25-15-17-26)24(27)12-6-3-7-13-24/h2,4-5,8-11,18,22,25,27H,3,6-7,12-17,19-20H2,1H3. The number of rotatable bonds is 7. The molecule has 1 saturated heterocycles. The first kappa shape index (κ1) is 21.0. The molecule has 1 saturated carbocycles. The zero-order valence-electron chi connectivity index (χ0n) is 17.7.